The molecule has 1 saturated heterocycles. The number of nitrogens with one attached hydrogen (secondary N) is 1. The third-order valence-corrected chi connectivity index (χ3v) is 6.38. The number of piperidine rings is 1. The van der Waals surface area contributed by atoms with Crippen LogP contribution in [0.4, 0.5) is 0 Å². The summed E-state index contributed by atoms with van der Waals surface area (Å²) >= 11 is 2.00. The molecule has 3 nitrogen and oxygen atoms in total. The number of carbonyl (C=O) groups is 1. The SMILES string of the molecule is CSC1(CNC(C)C(=O)N2CCCCC2)CCCCC1. The van der Waals surface area contributed by atoms with Crippen molar-refractivity contribution in [3.63, 3.8) is 0 Å². The summed E-state index contributed by atoms with van der Waals surface area (Å²) < 4.78 is 0.370. The lowest BCUT2D eigenvalue weighted by Gasteiger charge is -2.37. The number of amides is 1. The lowest BCUT2D eigenvalue weighted by Crippen LogP contribution is -2.50. The van der Waals surface area contributed by atoms with Gasteiger partial charge in [0.2, 0.25) is 5.91 Å². The second-order valence-corrected chi connectivity index (χ2v) is 7.71. The molecule has 0 spiro atoms. The molecule has 1 heterocycles. The molecule has 0 radical (unpaired) electrons. The van der Waals surface area contributed by atoms with E-state index in [1.165, 1.54) is 51.4 Å². The second kappa shape index (κ2) is 7.69. The van der Waals surface area contributed by atoms with E-state index in [0.717, 1.165) is 19.6 Å². The minimum absolute atomic E-state index is 0.0287. The lowest BCUT2D eigenvalue weighted by atomic mass is 9.88. The van der Waals surface area contributed by atoms with Crippen molar-refractivity contribution < 1.29 is 4.79 Å². The lowest BCUT2D eigenvalue weighted by molar-refractivity contribution is -0.133. The molecule has 1 saturated carbocycles. The Morgan fingerprint density at radius 2 is 1.75 bits per heavy atom. The normalized spacial score (nSPS) is 24.4. The molecule has 0 aromatic rings. The molecular weight excluding hydrogens is 268 g/mol. The average molecular weight is 298 g/mol. The zero-order valence-electron chi connectivity index (χ0n) is 13.1. The quantitative estimate of drug-likeness (QED) is 0.847. The van der Waals surface area contributed by atoms with Crippen molar-refractivity contribution in [2.45, 2.75) is 69.1 Å². The van der Waals surface area contributed by atoms with E-state index in [-0.39, 0.29) is 6.04 Å². The van der Waals surface area contributed by atoms with Crippen LogP contribution in [0.5, 0.6) is 0 Å². The molecule has 20 heavy (non-hydrogen) atoms. The minimum Gasteiger partial charge on any atom is -0.341 e. The number of hydrogen-bond donors (Lipinski definition) is 1. The first-order chi connectivity index (χ1) is 9.67. The monoisotopic (exact) mass is 298 g/mol. The van der Waals surface area contributed by atoms with Crippen molar-refractivity contribution in [3.05, 3.63) is 0 Å². The summed E-state index contributed by atoms with van der Waals surface area (Å²) in [6.45, 7) is 4.93. The fraction of sp³-hybridized carbons (Fsp3) is 0.938. The van der Waals surface area contributed by atoms with Crippen molar-refractivity contribution in [3.8, 4) is 0 Å². The highest BCUT2D eigenvalue weighted by molar-refractivity contribution is 8.00. The van der Waals surface area contributed by atoms with Gasteiger partial charge in [0.15, 0.2) is 0 Å². The van der Waals surface area contributed by atoms with Gasteiger partial charge in [-0.3, -0.25) is 4.79 Å². The van der Waals surface area contributed by atoms with Gasteiger partial charge in [0, 0.05) is 24.4 Å². The zero-order valence-corrected chi connectivity index (χ0v) is 13.9. The predicted octanol–water partition coefficient (Wildman–Crippen LogP) is 3.04. The summed E-state index contributed by atoms with van der Waals surface area (Å²) in [5, 5.41) is 3.53. The molecule has 1 aliphatic carbocycles. The van der Waals surface area contributed by atoms with Gasteiger partial charge in [-0.2, -0.15) is 11.8 Å². The molecule has 2 fully saturated rings. The average Bonchev–Trinajstić information content (AvgIpc) is 2.53. The maximum absolute atomic E-state index is 12.4. The van der Waals surface area contributed by atoms with Gasteiger partial charge >= 0.3 is 0 Å². The molecule has 116 valence electrons. The van der Waals surface area contributed by atoms with Crippen LogP contribution in [0.25, 0.3) is 0 Å². The van der Waals surface area contributed by atoms with Crippen LogP contribution in [0.1, 0.15) is 58.3 Å². The molecule has 2 aliphatic rings. The fourth-order valence-corrected chi connectivity index (χ4v) is 4.39. The third kappa shape index (κ3) is 4.14. The Hall–Kier alpha value is -0.220. The van der Waals surface area contributed by atoms with Gasteiger partial charge < -0.3 is 10.2 Å². The van der Waals surface area contributed by atoms with Crippen LogP contribution in [-0.2, 0) is 4.79 Å². The number of likely N-dealkylation sites (tertiary alicyclic amines) is 1. The Morgan fingerprint density at radius 1 is 1.15 bits per heavy atom. The molecule has 1 aliphatic heterocycles. The molecule has 1 amide bonds. The van der Waals surface area contributed by atoms with Crippen LogP contribution in [0, 0.1) is 0 Å². The maximum atomic E-state index is 12.4. The van der Waals surface area contributed by atoms with Gasteiger partial charge in [0.1, 0.15) is 0 Å². The Bertz CT molecular complexity index is 310. The summed E-state index contributed by atoms with van der Waals surface area (Å²) in [6, 6.07) is -0.0287. The van der Waals surface area contributed by atoms with E-state index >= 15 is 0 Å². The Balaban J connectivity index is 1.80. The molecule has 1 atom stereocenters. The van der Waals surface area contributed by atoms with Gasteiger partial charge in [-0.1, -0.05) is 19.3 Å². The molecule has 4 heteroatoms. The third-order valence-electron chi connectivity index (χ3n) is 4.97. The molecule has 1 unspecified atom stereocenters. The van der Waals surface area contributed by atoms with Crippen molar-refractivity contribution in [1.29, 1.82) is 0 Å². The number of thioether (sulfide) groups is 1. The Kier molecular flexibility index (Phi) is 6.21. The first kappa shape index (κ1) is 16.2. The summed E-state index contributed by atoms with van der Waals surface area (Å²) in [5.41, 5.74) is 0. The van der Waals surface area contributed by atoms with Gasteiger partial charge in [0.25, 0.3) is 0 Å². The van der Waals surface area contributed by atoms with Crippen molar-refractivity contribution in [1.82, 2.24) is 10.2 Å². The van der Waals surface area contributed by atoms with E-state index in [4.69, 9.17) is 0 Å². The highest BCUT2D eigenvalue weighted by atomic mass is 32.2. The first-order valence-electron chi connectivity index (χ1n) is 8.24. The van der Waals surface area contributed by atoms with Gasteiger partial charge in [0.05, 0.1) is 6.04 Å². The summed E-state index contributed by atoms with van der Waals surface area (Å²) in [6.07, 6.45) is 12.5. The maximum Gasteiger partial charge on any atom is 0.239 e. The standard InChI is InChI=1S/C16H30N2OS/c1-14(15(19)18-11-7-4-8-12-18)17-13-16(20-2)9-5-3-6-10-16/h14,17H,3-13H2,1-2H3. The Labute approximate surface area is 128 Å². The second-order valence-electron chi connectivity index (χ2n) is 6.44. The first-order valence-corrected chi connectivity index (χ1v) is 9.47. The van der Waals surface area contributed by atoms with Crippen molar-refractivity contribution >= 4 is 17.7 Å². The topological polar surface area (TPSA) is 32.3 Å². The van der Waals surface area contributed by atoms with Crippen LogP contribution in [-0.4, -0.2) is 47.5 Å². The molecule has 0 aromatic carbocycles. The molecule has 2 rings (SSSR count). The van der Waals surface area contributed by atoms with E-state index in [1.54, 1.807) is 0 Å². The number of nitrogens with zero attached hydrogens (tertiary/aromatic N) is 1. The summed E-state index contributed by atoms with van der Waals surface area (Å²) in [5.74, 6) is 0.303. The molecule has 0 aromatic heterocycles. The molecule has 1 N–H and O–H groups in total. The molecule has 0 bridgehead atoms. The smallest absolute Gasteiger partial charge is 0.239 e. The highest BCUT2D eigenvalue weighted by Crippen LogP contribution is 2.38. The number of carbonyl (C=O) groups excluding carboxylic acids is 1. The summed E-state index contributed by atoms with van der Waals surface area (Å²) in [4.78, 5) is 14.5. The fourth-order valence-electron chi connectivity index (χ4n) is 3.46. The molecular formula is C16H30N2OS. The van der Waals surface area contributed by atoms with E-state index in [2.05, 4.69) is 11.6 Å². The van der Waals surface area contributed by atoms with Crippen molar-refractivity contribution in [2.24, 2.45) is 0 Å². The zero-order chi connectivity index (χ0) is 14.4. The van der Waals surface area contributed by atoms with Crippen LogP contribution in [0.2, 0.25) is 0 Å². The minimum atomic E-state index is -0.0287. The van der Waals surface area contributed by atoms with Crippen LogP contribution >= 0.6 is 11.8 Å². The van der Waals surface area contributed by atoms with E-state index in [1.807, 2.05) is 23.6 Å². The van der Waals surface area contributed by atoms with E-state index in [0.29, 0.717) is 10.7 Å². The Morgan fingerprint density at radius 3 is 2.35 bits per heavy atom. The number of hydrogen-bond acceptors (Lipinski definition) is 3. The van der Waals surface area contributed by atoms with Crippen molar-refractivity contribution in [2.75, 3.05) is 25.9 Å². The predicted molar refractivity (Wildman–Crippen MR) is 87.2 cm³/mol. The van der Waals surface area contributed by atoms with Gasteiger partial charge in [-0.15, -0.1) is 0 Å². The summed E-state index contributed by atoms with van der Waals surface area (Å²) in [7, 11) is 0. The number of rotatable bonds is 5. The van der Waals surface area contributed by atoms with E-state index < -0.39 is 0 Å². The van der Waals surface area contributed by atoms with Gasteiger partial charge in [-0.25, -0.2) is 0 Å². The van der Waals surface area contributed by atoms with Crippen LogP contribution < -0.4 is 5.32 Å². The largest absolute Gasteiger partial charge is 0.341 e. The van der Waals surface area contributed by atoms with Crippen LogP contribution in [0.3, 0.4) is 0 Å². The highest BCUT2D eigenvalue weighted by Gasteiger charge is 2.32. The van der Waals surface area contributed by atoms with E-state index in [9.17, 15) is 4.79 Å². The van der Waals surface area contributed by atoms with Gasteiger partial charge in [-0.05, 0) is 45.3 Å². The van der Waals surface area contributed by atoms with Crippen LogP contribution in [0.15, 0.2) is 0 Å².